The van der Waals surface area contributed by atoms with Crippen molar-refractivity contribution in [2.75, 3.05) is 14.2 Å². The Morgan fingerprint density at radius 3 is 2.47 bits per heavy atom. The van der Waals surface area contributed by atoms with Crippen LogP contribution >= 0.6 is 0 Å². The topological polar surface area (TPSA) is 78.6 Å². The highest BCUT2D eigenvalue weighted by Crippen LogP contribution is 2.26. The van der Waals surface area contributed by atoms with Crippen LogP contribution in [0.15, 0.2) is 18.2 Å². The Hall–Kier alpha value is -1.34. The normalized spacial score (nSPS) is 13.2. The minimum Gasteiger partial charge on any atom is -0.497 e. The van der Waals surface area contributed by atoms with Gasteiger partial charge in [0.05, 0.1) is 14.2 Å². The van der Waals surface area contributed by atoms with Crippen LogP contribution in [0.25, 0.3) is 0 Å². The van der Waals surface area contributed by atoms with Crippen molar-refractivity contribution in [1.29, 1.82) is 0 Å². The monoisotopic (exact) mass is 263 g/mol. The molecule has 5 nitrogen and oxygen atoms in total. The number of rotatable bonds is 5. The van der Waals surface area contributed by atoms with E-state index in [-0.39, 0.29) is 6.42 Å². The molecule has 0 aliphatic rings. The van der Waals surface area contributed by atoms with Gasteiger partial charge in [0.15, 0.2) is 0 Å². The van der Waals surface area contributed by atoms with Crippen LogP contribution in [-0.4, -0.2) is 28.1 Å². The number of methoxy groups -OCH3 is 2. The molecule has 1 unspecified atom stereocenters. The van der Waals surface area contributed by atoms with Crippen molar-refractivity contribution in [2.24, 2.45) is 5.14 Å². The van der Waals surface area contributed by atoms with Gasteiger partial charge < -0.3 is 9.47 Å². The molecule has 1 aromatic carbocycles. The van der Waals surface area contributed by atoms with Gasteiger partial charge in [-0.15, -0.1) is 0 Å². The molecule has 0 spiro atoms. The van der Waals surface area contributed by atoms with Gasteiger partial charge in [0.25, 0.3) is 0 Å². The van der Waals surface area contributed by atoms with E-state index < -0.39 is 15.5 Å². The summed E-state index contributed by atoms with van der Waals surface area (Å²) in [6.07, 6.45) is -0.355. The lowest BCUT2D eigenvalue weighted by atomic mass is 10.1. The second-order valence-corrected chi connectivity index (χ2v) is 5.07. The Labute approximate surface area is 99.4 Å². The van der Waals surface area contributed by atoms with Crippen molar-refractivity contribution in [3.05, 3.63) is 23.8 Å². The van der Waals surface area contributed by atoms with E-state index >= 15 is 0 Å². The van der Waals surface area contributed by atoms with Crippen molar-refractivity contribution >= 4 is 10.0 Å². The number of benzene rings is 1. The van der Waals surface area contributed by atoms with Crippen molar-refractivity contribution in [1.82, 2.24) is 0 Å². The molecule has 0 aliphatic heterocycles. The molecule has 0 fully saturated rings. The molecule has 0 saturated heterocycles. The van der Waals surface area contributed by atoms with Crippen LogP contribution in [0.5, 0.6) is 11.5 Å². The minimum absolute atomic E-state index is 0.355. The fraction of sp³-hybridized carbons (Fsp3) is 0.400. The molecular formula is C10H14FNO4S. The summed E-state index contributed by atoms with van der Waals surface area (Å²) in [5, 5.41) is 4.71. The number of hydrogen-bond acceptors (Lipinski definition) is 4. The van der Waals surface area contributed by atoms with E-state index in [4.69, 9.17) is 14.6 Å². The second kappa shape index (κ2) is 5.33. The van der Waals surface area contributed by atoms with Crippen LogP contribution in [0.3, 0.4) is 0 Å². The molecule has 96 valence electrons. The summed E-state index contributed by atoms with van der Waals surface area (Å²) in [6, 6.07) is 4.67. The van der Waals surface area contributed by atoms with Crippen LogP contribution in [0.1, 0.15) is 5.56 Å². The molecule has 0 saturated carbocycles. The molecule has 17 heavy (non-hydrogen) atoms. The van der Waals surface area contributed by atoms with Gasteiger partial charge in [-0.2, -0.15) is 0 Å². The van der Waals surface area contributed by atoms with Gasteiger partial charge in [-0.05, 0) is 11.6 Å². The third kappa shape index (κ3) is 3.57. The predicted molar refractivity (Wildman–Crippen MR) is 61.3 cm³/mol. The van der Waals surface area contributed by atoms with Crippen molar-refractivity contribution in [3.8, 4) is 11.5 Å². The molecule has 1 aromatic rings. The van der Waals surface area contributed by atoms with Crippen LogP contribution in [0, 0.1) is 0 Å². The summed E-state index contributed by atoms with van der Waals surface area (Å²) in [5.74, 6) is 0.896. The first-order valence-corrected chi connectivity index (χ1v) is 6.36. The number of halogens is 1. The lowest BCUT2D eigenvalue weighted by Gasteiger charge is -2.11. The van der Waals surface area contributed by atoms with Crippen molar-refractivity contribution < 1.29 is 22.3 Å². The summed E-state index contributed by atoms with van der Waals surface area (Å²) in [5.41, 5.74) is -1.74. The van der Waals surface area contributed by atoms with Crippen LogP contribution in [0.2, 0.25) is 0 Å². The van der Waals surface area contributed by atoms with Gasteiger partial charge >= 0.3 is 0 Å². The molecule has 0 aliphatic carbocycles. The molecule has 1 rings (SSSR count). The molecule has 0 amide bonds. The Kier molecular flexibility index (Phi) is 4.30. The highest BCUT2D eigenvalue weighted by atomic mass is 32.2. The Bertz CT molecular complexity index is 489. The highest BCUT2D eigenvalue weighted by molar-refractivity contribution is 7.89. The second-order valence-electron chi connectivity index (χ2n) is 3.38. The maximum atomic E-state index is 13.3. The van der Waals surface area contributed by atoms with E-state index in [9.17, 15) is 12.8 Å². The fourth-order valence-electron chi connectivity index (χ4n) is 1.31. The van der Waals surface area contributed by atoms with E-state index in [2.05, 4.69) is 0 Å². The third-order valence-corrected chi connectivity index (χ3v) is 3.11. The van der Waals surface area contributed by atoms with Gasteiger partial charge in [0, 0.05) is 12.5 Å². The number of ether oxygens (including phenoxy) is 2. The zero-order chi connectivity index (χ0) is 13.1. The first-order chi connectivity index (χ1) is 7.88. The lowest BCUT2D eigenvalue weighted by molar-refractivity contribution is 0.380. The molecule has 1 atom stereocenters. The Balaban J connectivity index is 2.99. The summed E-state index contributed by atoms with van der Waals surface area (Å²) in [7, 11) is -1.31. The molecule has 7 heteroatoms. The van der Waals surface area contributed by atoms with E-state index in [0.29, 0.717) is 17.1 Å². The van der Waals surface area contributed by atoms with Gasteiger partial charge in [0.1, 0.15) is 11.5 Å². The summed E-state index contributed by atoms with van der Waals surface area (Å²) in [6.45, 7) is 0. The van der Waals surface area contributed by atoms with Gasteiger partial charge in [0.2, 0.25) is 15.5 Å². The maximum absolute atomic E-state index is 13.3. The largest absolute Gasteiger partial charge is 0.497 e. The van der Waals surface area contributed by atoms with Gasteiger partial charge in [-0.3, -0.25) is 0 Å². The Morgan fingerprint density at radius 1 is 1.35 bits per heavy atom. The number of sulfonamides is 1. The summed E-state index contributed by atoms with van der Waals surface area (Å²) >= 11 is 0. The third-order valence-electron chi connectivity index (χ3n) is 2.23. The summed E-state index contributed by atoms with van der Waals surface area (Å²) in [4.78, 5) is 0. The molecule has 0 radical (unpaired) electrons. The van der Waals surface area contributed by atoms with Crippen LogP contribution < -0.4 is 14.6 Å². The van der Waals surface area contributed by atoms with Crippen molar-refractivity contribution in [3.63, 3.8) is 0 Å². The van der Waals surface area contributed by atoms with E-state index in [1.165, 1.54) is 20.3 Å². The van der Waals surface area contributed by atoms with Crippen LogP contribution in [0.4, 0.5) is 4.39 Å². The fourth-order valence-corrected chi connectivity index (χ4v) is 1.72. The predicted octanol–water partition coefficient (Wildman–Crippen LogP) is 0.830. The van der Waals surface area contributed by atoms with Gasteiger partial charge in [-0.25, -0.2) is 17.9 Å². The minimum atomic E-state index is -4.20. The average Bonchev–Trinajstić information content (AvgIpc) is 2.28. The van der Waals surface area contributed by atoms with Gasteiger partial charge in [-0.1, -0.05) is 6.07 Å². The quantitative estimate of drug-likeness (QED) is 0.853. The molecule has 0 bridgehead atoms. The average molecular weight is 263 g/mol. The van der Waals surface area contributed by atoms with E-state index in [0.717, 1.165) is 0 Å². The molecule has 0 aromatic heterocycles. The lowest BCUT2D eigenvalue weighted by Crippen LogP contribution is -2.26. The standard InChI is InChI=1S/C10H14FNO4S/c1-15-8-4-3-7(9(6-8)16-2)5-10(11)17(12,13)14/h3-4,6,10H,5H2,1-2H3,(H2,12,13,14). The number of alkyl halides is 1. The zero-order valence-electron chi connectivity index (χ0n) is 9.51. The van der Waals surface area contributed by atoms with E-state index in [1.807, 2.05) is 0 Å². The zero-order valence-corrected chi connectivity index (χ0v) is 10.3. The SMILES string of the molecule is COc1ccc(CC(F)S(N)(=O)=O)c(OC)c1. The first kappa shape index (κ1) is 13.7. The van der Waals surface area contributed by atoms with Crippen LogP contribution in [-0.2, 0) is 16.4 Å². The number of hydrogen-bond donors (Lipinski definition) is 1. The number of nitrogens with two attached hydrogens (primary N) is 1. The molecule has 0 heterocycles. The summed E-state index contributed by atoms with van der Waals surface area (Å²) < 4.78 is 44.9. The Morgan fingerprint density at radius 2 is 2.00 bits per heavy atom. The molecule has 2 N–H and O–H groups in total. The first-order valence-electron chi connectivity index (χ1n) is 4.75. The molecular weight excluding hydrogens is 249 g/mol. The van der Waals surface area contributed by atoms with Crippen molar-refractivity contribution in [2.45, 2.75) is 11.9 Å². The smallest absolute Gasteiger partial charge is 0.241 e. The maximum Gasteiger partial charge on any atom is 0.241 e. The highest BCUT2D eigenvalue weighted by Gasteiger charge is 2.22. The van der Waals surface area contributed by atoms with E-state index in [1.54, 1.807) is 12.1 Å². The number of primary sulfonamides is 1.